The van der Waals surface area contributed by atoms with Crippen molar-refractivity contribution in [3.63, 3.8) is 0 Å². The number of hydrogen-bond acceptors (Lipinski definition) is 14. The Kier molecular flexibility index (Phi) is 12.9. The number of nitrogens with one attached hydrogen (secondary N) is 3. The molecule has 400 valence electrons. The van der Waals surface area contributed by atoms with Crippen LogP contribution in [0.5, 0.6) is 17.2 Å². The van der Waals surface area contributed by atoms with Crippen molar-refractivity contribution in [2.75, 3.05) is 26.3 Å². The van der Waals surface area contributed by atoms with Crippen LogP contribution in [0.3, 0.4) is 0 Å². The lowest BCUT2D eigenvalue weighted by atomic mass is 9.48. The number of aliphatic hydroxyl groups excluding tert-OH is 4. The van der Waals surface area contributed by atoms with Gasteiger partial charge in [-0.2, -0.15) is 0 Å². The molecule has 6 aromatic rings. The lowest BCUT2D eigenvalue weighted by molar-refractivity contribution is -0.382. The third kappa shape index (κ3) is 8.17. The van der Waals surface area contributed by atoms with E-state index in [1.54, 1.807) is 6.92 Å². The van der Waals surface area contributed by atoms with E-state index >= 15 is 0 Å². The Labute approximate surface area is 433 Å². The second-order valence-electron chi connectivity index (χ2n) is 23.1. The van der Waals surface area contributed by atoms with Crippen LogP contribution in [0.25, 0.3) is 38.3 Å². The van der Waals surface area contributed by atoms with Crippen molar-refractivity contribution in [2.24, 2.45) is 35.0 Å². The summed E-state index contributed by atoms with van der Waals surface area (Å²) in [5.41, 5.74) is -0.389. The highest BCUT2D eigenvalue weighted by Crippen LogP contribution is 2.62. The first kappa shape index (κ1) is 50.3. The minimum atomic E-state index is -2.43. The molecule has 12 rings (SSSR count). The molecule has 1 amide bonds. The number of amides is 1. The number of carbonyl (C=O) groups excluding carboxylic acids is 1. The minimum absolute atomic E-state index is 0.0285. The molecule has 2 bridgehead atoms. The maximum Gasteiger partial charge on any atom is 0.226 e. The summed E-state index contributed by atoms with van der Waals surface area (Å²) in [6.45, 7) is 3.58. The molecular formula is C58H70N4O13. The van der Waals surface area contributed by atoms with Crippen molar-refractivity contribution in [3.05, 3.63) is 93.7 Å². The first-order chi connectivity index (χ1) is 36.2. The van der Waals surface area contributed by atoms with Crippen LogP contribution in [0.4, 0.5) is 0 Å². The monoisotopic (exact) mass is 1030 g/mol. The van der Waals surface area contributed by atoms with Gasteiger partial charge in [-0.25, -0.2) is 9.78 Å². The maximum atomic E-state index is 14.3. The van der Waals surface area contributed by atoms with Gasteiger partial charge < -0.3 is 65.1 Å². The highest BCUT2D eigenvalue weighted by atomic mass is 17.2. The van der Waals surface area contributed by atoms with Gasteiger partial charge in [-0.1, -0.05) is 32.3 Å². The van der Waals surface area contributed by atoms with Gasteiger partial charge in [0, 0.05) is 71.8 Å². The minimum Gasteiger partial charge on any atom is -0.508 e. The molecule has 12 atom stereocenters. The molecule has 3 aliphatic heterocycles. The molecule has 10 N–H and O–H groups in total. The quantitative estimate of drug-likeness (QED) is 0.0496. The van der Waals surface area contributed by atoms with E-state index in [4.69, 9.17) is 18.9 Å². The second kappa shape index (κ2) is 19.2. The van der Waals surface area contributed by atoms with Crippen LogP contribution < -0.4 is 20.8 Å². The molecule has 3 aliphatic carbocycles. The number of phenolic OH excluding ortho intramolecular Hbond substituents is 2. The van der Waals surface area contributed by atoms with Gasteiger partial charge in [-0.3, -0.25) is 9.59 Å². The van der Waals surface area contributed by atoms with E-state index < -0.39 is 60.7 Å². The average Bonchev–Trinajstić information content (AvgIpc) is 4.12. The number of aryl methyl sites for hydroxylation is 2. The van der Waals surface area contributed by atoms with Gasteiger partial charge >= 0.3 is 0 Å². The van der Waals surface area contributed by atoms with Crippen molar-refractivity contribution >= 4 is 38.6 Å². The largest absolute Gasteiger partial charge is 0.508 e. The predicted octanol–water partition coefficient (Wildman–Crippen LogP) is 5.65. The predicted molar refractivity (Wildman–Crippen MR) is 278 cm³/mol. The van der Waals surface area contributed by atoms with Crippen LogP contribution in [0.2, 0.25) is 0 Å². The number of nitrogens with zero attached hydrogens (tertiary/aromatic N) is 1. The Hall–Kier alpha value is -5.50. The van der Waals surface area contributed by atoms with E-state index in [0.717, 1.165) is 80.9 Å². The van der Waals surface area contributed by atoms with Gasteiger partial charge in [0.25, 0.3) is 0 Å². The third-order valence-electron chi connectivity index (χ3n) is 19.0. The van der Waals surface area contributed by atoms with Crippen molar-refractivity contribution < 1.29 is 59.5 Å². The molecular weight excluding hydrogens is 961 g/mol. The van der Waals surface area contributed by atoms with E-state index in [2.05, 4.69) is 27.1 Å². The number of H-pyrrole nitrogens is 1. The summed E-state index contributed by atoms with van der Waals surface area (Å²) in [4.78, 5) is 45.0. The topological polar surface area (TPSA) is 261 Å². The molecule has 12 unspecified atom stereocenters. The first-order valence-corrected chi connectivity index (χ1v) is 27.2. The van der Waals surface area contributed by atoms with Crippen molar-refractivity contribution in [1.29, 1.82) is 0 Å². The number of fused-ring (bicyclic) bond motifs is 9. The Bertz CT molecular complexity index is 3210. The number of aromatic hydroxyl groups is 2. The van der Waals surface area contributed by atoms with Gasteiger partial charge in [-0.15, -0.1) is 0 Å². The Morgan fingerprint density at radius 1 is 0.933 bits per heavy atom. The van der Waals surface area contributed by atoms with E-state index in [-0.39, 0.29) is 59.0 Å². The maximum absolute atomic E-state index is 14.3. The van der Waals surface area contributed by atoms with Gasteiger partial charge in [0.05, 0.1) is 22.9 Å². The number of hydrogen-bond donors (Lipinski definition) is 10. The standard InChI is InChI=1S/C58H70N4O13/c1-3-44-37-13-17-59-43(37)27-62(44)50-52-34(20-39-46(66)18-30(2)73-53(39)50)22-48(75-72-29-57(71,54(69)51(68)47(67)28-63)24-32-9-12-45(65)36-11-10-35(64)23-38(32)36)58(74-52)25-40(33-19-31-8-7-16-60-49(31)41(58)21-33)42-26-61-55(70)56(42)14-5-4-6-15-56/h9-13,17-18,20,23,27,31,33,40-42,47-49,51,54,59-60,63-65,67-69,71H,3-8,14-16,19,21-22,24-26,28-29H2,1-2H3,(H,61,70). The van der Waals surface area contributed by atoms with Crippen molar-refractivity contribution in [1.82, 2.24) is 20.2 Å². The van der Waals surface area contributed by atoms with E-state index in [0.29, 0.717) is 75.4 Å². The molecule has 6 aliphatic rings. The van der Waals surface area contributed by atoms with E-state index in [9.17, 15) is 45.3 Å². The van der Waals surface area contributed by atoms with Crippen LogP contribution >= 0.6 is 0 Å². The highest BCUT2D eigenvalue weighted by Gasteiger charge is 2.66. The zero-order valence-corrected chi connectivity index (χ0v) is 42.6. The van der Waals surface area contributed by atoms with Gasteiger partial charge in [-0.05, 0) is 136 Å². The lowest BCUT2D eigenvalue weighted by Crippen LogP contribution is -2.70. The number of carbonyl (C=O) groups is 1. The van der Waals surface area contributed by atoms with E-state index in [1.807, 2.05) is 24.5 Å². The molecule has 6 heterocycles. The third-order valence-corrected chi connectivity index (χ3v) is 19.0. The van der Waals surface area contributed by atoms with Crippen LogP contribution in [0, 0.1) is 41.9 Å². The summed E-state index contributed by atoms with van der Waals surface area (Å²) < 4.78 is 16.7. The van der Waals surface area contributed by atoms with Gasteiger partial charge in [0.15, 0.2) is 16.8 Å². The van der Waals surface area contributed by atoms with Gasteiger partial charge in [0.1, 0.15) is 65.2 Å². The smallest absolute Gasteiger partial charge is 0.226 e. The number of aromatic nitrogens is 2. The lowest BCUT2D eigenvalue weighted by Gasteiger charge is -2.62. The molecule has 17 heteroatoms. The number of ether oxygens (including phenoxy) is 1. The summed E-state index contributed by atoms with van der Waals surface area (Å²) >= 11 is 0. The van der Waals surface area contributed by atoms with Crippen LogP contribution in [0.1, 0.15) is 93.7 Å². The number of phenols is 2. The second-order valence-corrected chi connectivity index (χ2v) is 23.1. The van der Waals surface area contributed by atoms with Crippen LogP contribution in [-0.2, 0) is 33.8 Å². The fraction of sp³-hybridized carbons (Fsp3) is 0.552. The number of aliphatic hydroxyl groups is 5. The highest BCUT2D eigenvalue weighted by molar-refractivity contribution is 5.93. The number of aromatic amines is 1. The van der Waals surface area contributed by atoms with E-state index in [1.165, 1.54) is 36.4 Å². The SMILES string of the molecule is CCc1c2cc[nH]c2cn1-c1c2c(cc3c(=O)cc(C)oc13)CC(OOCC(O)(Cc1ccc(O)c3ccc(O)cc13)C(O)C(O)C(O)CO)C1(CC(C3CNC(=O)C34CCCCC4)C3CC4CCCNC4C1C3)O2. The summed E-state index contributed by atoms with van der Waals surface area (Å²) in [5.74, 6) is 1.46. The van der Waals surface area contributed by atoms with Crippen molar-refractivity contribution in [3.8, 4) is 22.9 Å². The molecule has 75 heavy (non-hydrogen) atoms. The number of rotatable bonds is 13. The van der Waals surface area contributed by atoms with Crippen molar-refractivity contribution in [2.45, 2.75) is 139 Å². The fourth-order valence-electron chi connectivity index (χ4n) is 15.5. The van der Waals surface area contributed by atoms with Crippen LogP contribution in [-0.4, -0.2) is 119 Å². The molecule has 3 saturated carbocycles. The normalized spacial score (nSPS) is 29.2. The fourth-order valence-corrected chi connectivity index (χ4v) is 15.5. The summed E-state index contributed by atoms with van der Waals surface area (Å²) in [6.07, 6.45) is 6.51. The molecule has 2 saturated heterocycles. The molecule has 5 fully saturated rings. The Morgan fingerprint density at radius 2 is 1.76 bits per heavy atom. The summed E-state index contributed by atoms with van der Waals surface area (Å²) in [7, 11) is 0. The molecule has 17 nitrogen and oxygen atoms in total. The van der Waals surface area contributed by atoms with Gasteiger partial charge in [0.2, 0.25) is 5.91 Å². The number of piperidine rings is 1. The zero-order valence-electron chi connectivity index (χ0n) is 42.6. The zero-order chi connectivity index (χ0) is 52.1. The summed E-state index contributed by atoms with van der Waals surface area (Å²) in [6, 6.07) is 12.7. The van der Waals surface area contributed by atoms with Crippen LogP contribution in [0.15, 0.2) is 70.1 Å². The molecule has 3 aromatic carbocycles. The summed E-state index contributed by atoms with van der Waals surface area (Å²) in [5, 5.41) is 87.1. The molecule has 0 radical (unpaired) electrons. The first-order valence-electron chi connectivity index (χ1n) is 27.2. The Balaban J connectivity index is 1.02. The molecule has 3 aromatic heterocycles. The average molecular weight is 1030 g/mol. The number of benzene rings is 3. The molecule has 2 spiro atoms. The Morgan fingerprint density at radius 3 is 2.56 bits per heavy atom.